The van der Waals surface area contributed by atoms with Crippen molar-refractivity contribution in [2.45, 2.75) is 6.42 Å². The number of amides is 2. The fraction of sp³-hybridized carbons (Fsp3) is 0.385. The Hall–Kier alpha value is -2.15. The number of nitrogens with one attached hydrogen (secondary N) is 2. The molecule has 6 nitrogen and oxygen atoms in total. The zero-order valence-electron chi connectivity index (χ0n) is 11.4. The SMILES string of the molecule is CN(C)CCCNC(=O)Nc1cc(F)ccc1C(=O)O. The third-order valence-corrected chi connectivity index (χ3v) is 2.53. The fourth-order valence-corrected chi connectivity index (χ4v) is 1.57. The van der Waals surface area contributed by atoms with Crippen LogP contribution < -0.4 is 10.6 Å². The van der Waals surface area contributed by atoms with Crippen LogP contribution in [0.4, 0.5) is 14.9 Å². The fourth-order valence-electron chi connectivity index (χ4n) is 1.57. The van der Waals surface area contributed by atoms with Crippen molar-refractivity contribution in [3.63, 3.8) is 0 Å². The van der Waals surface area contributed by atoms with Gasteiger partial charge in [0.15, 0.2) is 0 Å². The van der Waals surface area contributed by atoms with E-state index in [-0.39, 0.29) is 11.3 Å². The standard InChI is InChI=1S/C13H18FN3O3/c1-17(2)7-3-6-15-13(20)16-11-8-9(14)4-5-10(11)12(18)19/h4-5,8H,3,6-7H2,1-2H3,(H,18,19)(H2,15,16,20). The average Bonchev–Trinajstić information content (AvgIpc) is 2.34. The Labute approximate surface area is 116 Å². The van der Waals surface area contributed by atoms with Crippen LogP contribution in [-0.4, -0.2) is 49.2 Å². The van der Waals surface area contributed by atoms with Gasteiger partial charge in [0, 0.05) is 6.54 Å². The number of anilines is 1. The van der Waals surface area contributed by atoms with Crippen LogP contribution in [0, 0.1) is 5.82 Å². The lowest BCUT2D eigenvalue weighted by Gasteiger charge is -2.12. The number of hydrogen-bond donors (Lipinski definition) is 3. The van der Waals surface area contributed by atoms with Crippen LogP contribution in [0.25, 0.3) is 0 Å². The summed E-state index contributed by atoms with van der Waals surface area (Å²) in [6.07, 6.45) is 0.759. The molecule has 0 radical (unpaired) electrons. The van der Waals surface area contributed by atoms with Crippen LogP contribution in [0.5, 0.6) is 0 Å². The van der Waals surface area contributed by atoms with Crippen molar-refractivity contribution in [1.29, 1.82) is 0 Å². The second-order valence-electron chi connectivity index (χ2n) is 4.53. The van der Waals surface area contributed by atoms with Crippen molar-refractivity contribution >= 4 is 17.7 Å². The van der Waals surface area contributed by atoms with E-state index in [1.54, 1.807) is 0 Å². The molecule has 0 spiro atoms. The van der Waals surface area contributed by atoms with Gasteiger partial charge < -0.3 is 20.6 Å². The molecule has 0 aromatic heterocycles. The summed E-state index contributed by atoms with van der Waals surface area (Å²) in [6.45, 7) is 1.27. The lowest BCUT2D eigenvalue weighted by Crippen LogP contribution is -2.31. The smallest absolute Gasteiger partial charge is 0.337 e. The zero-order chi connectivity index (χ0) is 15.1. The third-order valence-electron chi connectivity index (χ3n) is 2.53. The molecular weight excluding hydrogens is 265 g/mol. The molecule has 7 heteroatoms. The van der Waals surface area contributed by atoms with Crippen LogP contribution in [0.15, 0.2) is 18.2 Å². The van der Waals surface area contributed by atoms with Crippen molar-refractivity contribution < 1.29 is 19.1 Å². The van der Waals surface area contributed by atoms with E-state index in [4.69, 9.17) is 5.11 Å². The molecule has 2 amide bonds. The molecule has 20 heavy (non-hydrogen) atoms. The largest absolute Gasteiger partial charge is 0.478 e. The first-order valence-electron chi connectivity index (χ1n) is 6.12. The van der Waals surface area contributed by atoms with Gasteiger partial charge in [-0.3, -0.25) is 0 Å². The number of carboxylic acids is 1. The van der Waals surface area contributed by atoms with Crippen LogP contribution in [0.3, 0.4) is 0 Å². The summed E-state index contributed by atoms with van der Waals surface area (Å²) in [5.74, 6) is -1.84. The number of hydrogen-bond acceptors (Lipinski definition) is 3. The highest BCUT2D eigenvalue weighted by molar-refractivity contribution is 5.99. The van der Waals surface area contributed by atoms with Crippen LogP contribution in [0.1, 0.15) is 16.8 Å². The molecule has 0 heterocycles. The molecule has 0 bridgehead atoms. The predicted molar refractivity (Wildman–Crippen MR) is 73.6 cm³/mol. The molecule has 1 aromatic rings. The quantitative estimate of drug-likeness (QED) is 0.693. The second kappa shape index (κ2) is 7.44. The van der Waals surface area contributed by atoms with Crippen LogP contribution >= 0.6 is 0 Å². The second-order valence-corrected chi connectivity index (χ2v) is 4.53. The summed E-state index contributed by atoms with van der Waals surface area (Å²) in [6, 6.07) is 2.56. The molecule has 0 unspecified atom stereocenters. The molecule has 110 valence electrons. The maximum atomic E-state index is 13.1. The maximum Gasteiger partial charge on any atom is 0.337 e. The monoisotopic (exact) mass is 283 g/mol. The molecule has 0 aliphatic heterocycles. The molecule has 0 atom stereocenters. The Balaban J connectivity index is 2.57. The minimum absolute atomic E-state index is 0.0670. The Kier molecular flexibility index (Phi) is 5.92. The topological polar surface area (TPSA) is 81.7 Å². The van der Waals surface area contributed by atoms with Gasteiger partial charge in [0.05, 0.1) is 11.3 Å². The number of aromatic carboxylic acids is 1. The first-order valence-corrected chi connectivity index (χ1v) is 6.12. The van der Waals surface area contributed by atoms with E-state index in [0.29, 0.717) is 6.54 Å². The molecule has 3 N–H and O–H groups in total. The Morgan fingerprint density at radius 1 is 1.35 bits per heavy atom. The lowest BCUT2D eigenvalue weighted by atomic mass is 10.2. The number of benzene rings is 1. The van der Waals surface area contributed by atoms with Crippen molar-refractivity contribution in [2.24, 2.45) is 0 Å². The summed E-state index contributed by atoms with van der Waals surface area (Å²) < 4.78 is 13.1. The molecular formula is C13H18FN3O3. The van der Waals surface area contributed by atoms with E-state index in [0.717, 1.165) is 31.2 Å². The van der Waals surface area contributed by atoms with E-state index in [1.165, 1.54) is 0 Å². The van der Waals surface area contributed by atoms with Gasteiger partial charge >= 0.3 is 12.0 Å². The number of rotatable bonds is 6. The van der Waals surface area contributed by atoms with Gasteiger partial charge in [-0.15, -0.1) is 0 Å². The number of halogens is 1. The number of carbonyl (C=O) groups is 2. The molecule has 0 aliphatic carbocycles. The molecule has 1 rings (SSSR count). The van der Waals surface area contributed by atoms with Gasteiger partial charge in [-0.25, -0.2) is 14.0 Å². The van der Waals surface area contributed by atoms with Crippen molar-refractivity contribution in [2.75, 3.05) is 32.5 Å². The maximum absolute atomic E-state index is 13.1. The molecule has 0 fully saturated rings. The van der Waals surface area contributed by atoms with Gasteiger partial charge in [0.1, 0.15) is 5.82 Å². The van der Waals surface area contributed by atoms with Crippen molar-refractivity contribution in [1.82, 2.24) is 10.2 Å². The van der Waals surface area contributed by atoms with E-state index in [9.17, 15) is 14.0 Å². The predicted octanol–water partition coefficient (Wildman–Crippen LogP) is 1.60. The van der Waals surface area contributed by atoms with Gasteiger partial charge in [-0.05, 0) is 45.3 Å². The Morgan fingerprint density at radius 3 is 2.65 bits per heavy atom. The summed E-state index contributed by atoms with van der Waals surface area (Å²) in [5.41, 5.74) is -0.225. The summed E-state index contributed by atoms with van der Waals surface area (Å²) >= 11 is 0. The molecule has 0 saturated carbocycles. The van der Waals surface area contributed by atoms with Gasteiger partial charge in [-0.2, -0.15) is 0 Å². The van der Waals surface area contributed by atoms with Crippen LogP contribution in [-0.2, 0) is 0 Å². The first-order chi connectivity index (χ1) is 9.40. The Morgan fingerprint density at radius 2 is 2.05 bits per heavy atom. The summed E-state index contributed by atoms with van der Waals surface area (Å²) in [7, 11) is 3.85. The zero-order valence-corrected chi connectivity index (χ0v) is 11.4. The van der Waals surface area contributed by atoms with Crippen molar-refractivity contribution in [3.05, 3.63) is 29.6 Å². The molecule has 0 saturated heterocycles. The number of carboxylic acid groups (broad SMARTS) is 1. The first kappa shape index (κ1) is 15.9. The lowest BCUT2D eigenvalue weighted by molar-refractivity contribution is 0.0698. The van der Waals surface area contributed by atoms with E-state index in [1.807, 2.05) is 19.0 Å². The highest BCUT2D eigenvalue weighted by Crippen LogP contribution is 2.17. The highest BCUT2D eigenvalue weighted by atomic mass is 19.1. The van der Waals surface area contributed by atoms with Crippen LogP contribution in [0.2, 0.25) is 0 Å². The van der Waals surface area contributed by atoms with E-state index >= 15 is 0 Å². The minimum Gasteiger partial charge on any atom is -0.478 e. The average molecular weight is 283 g/mol. The normalized spacial score (nSPS) is 10.4. The van der Waals surface area contributed by atoms with Crippen molar-refractivity contribution in [3.8, 4) is 0 Å². The van der Waals surface area contributed by atoms with Gasteiger partial charge in [0.25, 0.3) is 0 Å². The Bertz CT molecular complexity index is 492. The summed E-state index contributed by atoms with van der Waals surface area (Å²) in [5, 5.41) is 13.9. The number of nitrogens with zero attached hydrogens (tertiary/aromatic N) is 1. The number of urea groups is 1. The van der Waals surface area contributed by atoms with E-state index < -0.39 is 17.8 Å². The summed E-state index contributed by atoms with van der Waals surface area (Å²) in [4.78, 5) is 24.5. The molecule has 0 aliphatic rings. The van der Waals surface area contributed by atoms with Gasteiger partial charge in [0.2, 0.25) is 0 Å². The minimum atomic E-state index is -1.23. The highest BCUT2D eigenvalue weighted by Gasteiger charge is 2.13. The number of carbonyl (C=O) groups excluding carboxylic acids is 1. The third kappa shape index (κ3) is 5.23. The van der Waals surface area contributed by atoms with E-state index in [2.05, 4.69) is 10.6 Å². The molecule has 1 aromatic carbocycles. The van der Waals surface area contributed by atoms with Gasteiger partial charge in [-0.1, -0.05) is 0 Å².